The van der Waals surface area contributed by atoms with Gasteiger partial charge in [0.15, 0.2) is 0 Å². The third kappa shape index (κ3) is 5.16. The second-order valence-corrected chi connectivity index (χ2v) is 8.79. The summed E-state index contributed by atoms with van der Waals surface area (Å²) in [5.41, 5.74) is 3.19. The van der Waals surface area contributed by atoms with E-state index in [2.05, 4.69) is 48.0 Å². The molecule has 1 saturated heterocycles. The number of carbonyl (C=O) groups is 1. The van der Waals surface area contributed by atoms with Crippen molar-refractivity contribution in [2.45, 2.75) is 39.2 Å². The minimum Gasteiger partial charge on any atom is -0.369 e. The summed E-state index contributed by atoms with van der Waals surface area (Å²) in [7, 11) is 0. The fourth-order valence-electron chi connectivity index (χ4n) is 3.62. The molecule has 0 spiro atoms. The zero-order valence-corrected chi connectivity index (χ0v) is 18.1. The molecule has 0 bridgehead atoms. The molecule has 0 radical (unpaired) electrons. The number of carbonyl (C=O) groups excluding carboxylic acids is 1. The lowest BCUT2D eigenvalue weighted by Crippen LogP contribution is -2.52. The maximum atomic E-state index is 12.7. The van der Waals surface area contributed by atoms with Gasteiger partial charge < -0.3 is 10.2 Å². The van der Waals surface area contributed by atoms with E-state index in [0.29, 0.717) is 0 Å². The first-order valence-electron chi connectivity index (χ1n) is 10.3. The molecular formula is C23H30N4O3. The van der Waals surface area contributed by atoms with Crippen molar-refractivity contribution in [3.05, 3.63) is 64.2 Å². The molecule has 1 fully saturated rings. The van der Waals surface area contributed by atoms with Crippen LogP contribution >= 0.6 is 0 Å². The van der Waals surface area contributed by atoms with Crippen LogP contribution in [0.1, 0.15) is 33.3 Å². The molecule has 1 N–H and O–H groups in total. The topological polar surface area (TPSA) is 78.7 Å². The van der Waals surface area contributed by atoms with E-state index in [-0.39, 0.29) is 23.1 Å². The Balaban J connectivity index is 1.53. The Bertz CT molecular complexity index is 880. The van der Waals surface area contributed by atoms with Crippen molar-refractivity contribution in [3.8, 4) is 0 Å². The highest BCUT2D eigenvalue weighted by Crippen LogP contribution is 2.24. The average Bonchev–Trinajstić information content (AvgIpc) is 2.73. The van der Waals surface area contributed by atoms with Gasteiger partial charge in [-0.3, -0.25) is 19.8 Å². The van der Waals surface area contributed by atoms with E-state index in [9.17, 15) is 14.9 Å². The van der Waals surface area contributed by atoms with Crippen LogP contribution in [-0.2, 0) is 10.2 Å². The Labute approximate surface area is 177 Å². The van der Waals surface area contributed by atoms with E-state index >= 15 is 0 Å². The summed E-state index contributed by atoms with van der Waals surface area (Å²) >= 11 is 0. The zero-order valence-electron chi connectivity index (χ0n) is 18.1. The third-order valence-electron chi connectivity index (χ3n) is 5.69. The molecule has 1 amide bonds. The van der Waals surface area contributed by atoms with Gasteiger partial charge in [0.1, 0.15) is 0 Å². The monoisotopic (exact) mass is 410 g/mol. The van der Waals surface area contributed by atoms with Gasteiger partial charge in [0.25, 0.3) is 5.69 Å². The van der Waals surface area contributed by atoms with Gasteiger partial charge in [-0.2, -0.15) is 0 Å². The predicted molar refractivity (Wildman–Crippen MR) is 120 cm³/mol. The van der Waals surface area contributed by atoms with E-state index in [1.54, 1.807) is 12.1 Å². The normalized spacial score (nSPS) is 16.2. The van der Waals surface area contributed by atoms with Crippen LogP contribution < -0.4 is 10.2 Å². The first-order chi connectivity index (χ1) is 14.1. The quantitative estimate of drug-likeness (QED) is 0.594. The van der Waals surface area contributed by atoms with Crippen LogP contribution in [0.25, 0.3) is 0 Å². The first kappa shape index (κ1) is 21.8. The molecule has 0 aromatic heterocycles. The van der Waals surface area contributed by atoms with Crippen molar-refractivity contribution in [2.75, 3.05) is 36.4 Å². The van der Waals surface area contributed by atoms with Crippen molar-refractivity contribution in [1.29, 1.82) is 0 Å². The maximum absolute atomic E-state index is 12.7. The average molecular weight is 411 g/mol. The number of nitrogens with one attached hydrogen (secondary N) is 1. The molecule has 7 nitrogen and oxygen atoms in total. The summed E-state index contributed by atoms with van der Waals surface area (Å²) in [4.78, 5) is 27.5. The zero-order chi connectivity index (χ0) is 21.9. The summed E-state index contributed by atoms with van der Waals surface area (Å²) in [6.45, 7) is 11.5. The maximum Gasteiger partial charge on any atom is 0.269 e. The summed E-state index contributed by atoms with van der Waals surface area (Å²) in [6.07, 6.45) is 0. The number of hydrogen-bond donors (Lipinski definition) is 1. The predicted octanol–water partition coefficient (Wildman–Crippen LogP) is 4.04. The van der Waals surface area contributed by atoms with Crippen molar-refractivity contribution in [2.24, 2.45) is 0 Å². The van der Waals surface area contributed by atoms with Crippen LogP contribution in [0.5, 0.6) is 0 Å². The Morgan fingerprint density at radius 1 is 1.00 bits per heavy atom. The second kappa shape index (κ2) is 8.83. The van der Waals surface area contributed by atoms with Gasteiger partial charge in [0, 0.05) is 49.7 Å². The van der Waals surface area contributed by atoms with Crippen molar-refractivity contribution >= 4 is 23.0 Å². The number of anilines is 2. The lowest BCUT2D eigenvalue weighted by atomic mass is 9.87. The number of benzene rings is 2. The number of rotatable bonds is 5. The molecule has 1 unspecified atom stereocenters. The molecule has 30 heavy (non-hydrogen) atoms. The van der Waals surface area contributed by atoms with Crippen molar-refractivity contribution < 1.29 is 9.72 Å². The Hall–Kier alpha value is -2.93. The summed E-state index contributed by atoms with van der Waals surface area (Å²) in [6, 6.07) is 14.4. The van der Waals surface area contributed by atoms with Crippen LogP contribution in [0.2, 0.25) is 0 Å². The molecule has 7 heteroatoms. The minimum absolute atomic E-state index is 0.0118. The number of hydrogen-bond acceptors (Lipinski definition) is 5. The molecule has 160 valence electrons. The van der Waals surface area contributed by atoms with E-state index in [1.807, 2.05) is 19.1 Å². The van der Waals surface area contributed by atoms with E-state index in [4.69, 9.17) is 0 Å². The summed E-state index contributed by atoms with van der Waals surface area (Å²) < 4.78 is 0. The van der Waals surface area contributed by atoms with Crippen LogP contribution in [-0.4, -0.2) is 48.0 Å². The van der Waals surface area contributed by atoms with Gasteiger partial charge in [-0.15, -0.1) is 0 Å². The number of non-ortho nitro benzene ring substituents is 1. The highest BCUT2D eigenvalue weighted by Gasteiger charge is 2.26. The number of amides is 1. The Morgan fingerprint density at radius 2 is 1.57 bits per heavy atom. The van der Waals surface area contributed by atoms with E-state index in [1.165, 1.54) is 17.7 Å². The third-order valence-corrected chi connectivity index (χ3v) is 5.69. The highest BCUT2D eigenvalue weighted by molar-refractivity contribution is 5.94. The van der Waals surface area contributed by atoms with Crippen LogP contribution in [0.4, 0.5) is 17.1 Å². The number of nitro groups is 1. The molecule has 2 aromatic carbocycles. The molecule has 0 saturated carbocycles. The molecular weight excluding hydrogens is 380 g/mol. The molecule has 0 aliphatic carbocycles. The van der Waals surface area contributed by atoms with E-state index < -0.39 is 4.92 Å². The number of nitrogens with zero attached hydrogens (tertiary/aromatic N) is 3. The summed E-state index contributed by atoms with van der Waals surface area (Å²) in [5.74, 6) is -0.0118. The summed E-state index contributed by atoms with van der Waals surface area (Å²) in [5, 5.41) is 13.8. The second-order valence-electron chi connectivity index (χ2n) is 8.79. The molecule has 1 atom stereocenters. The Kier molecular flexibility index (Phi) is 6.41. The lowest BCUT2D eigenvalue weighted by molar-refractivity contribution is -0.384. The van der Waals surface area contributed by atoms with Gasteiger partial charge in [-0.05, 0) is 42.2 Å². The SMILES string of the molecule is CC(C(=O)Nc1ccc(C(C)(C)C)cc1)N1CCN(c2ccc([N+](=O)[O-])cc2)CC1. The highest BCUT2D eigenvalue weighted by atomic mass is 16.6. The smallest absolute Gasteiger partial charge is 0.269 e. The van der Waals surface area contributed by atoms with Gasteiger partial charge in [-0.25, -0.2) is 0 Å². The van der Waals surface area contributed by atoms with Crippen molar-refractivity contribution in [3.63, 3.8) is 0 Å². The van der Waals surface area contributed by atoms with Gasteiger partial charge in [0.05, 0.1) is 11.0 Å². The number of nitro benzene ring substituents is 1. The fourth-order valence-corrected chi connectivity index (χ4v) is 3.62. The van der Waals surface area contributed by atoms with Gasteiger partial charge in [0.2, 0.25) is 5.91 Å². The Morgan fingerprint density at radius 3 is 2.07 bits per heavy atom. The van der Waals surface area contributed by atoms with Gasteiger partial charge in [-0.1, -0.05) is 32.9 Å². The molecule has 1 aliphatic rings. The fraction of sp³-hybridized carbons (Fsp3) is 0.435. The molecule has 2 aromatic rings. The standard InChI is InChI=1S/C23H30N4O3/c1-17(22(28)24-19-7-5-18(6-8-19)23(2,3)4)25-13-15-26(16-14-25)20-9-11-21(12-10-20)27(29)30/h5-12,17H,13-16H2,1-4H3,(H,24,28). The van der Waals surface area contributed by atoms with Crippen LogP contribution in [0.15, 0.2) is 48.5 Å². The number of piperazine rings is 1. The lowest BCUT2D eigenvalue weighted by Gasteiger charge is -2.38. The van der Waals surface area contributed by atoms with Crippen LogP contribution in [0.3, 0.4) is 0 Å². The largest absolute Gasteiger partial charge is 0.369 e. The molecule has 1 heterocycles. The van der Waals surface area contributed by atoms with Crippen molar-refractivity contribution in [1.82, 2.24) is 4.90 Å². The van der Waals surface area contributed by atoms with Gasteiger partial charge >= 0.3 is 0 Å². The van der Waals surface area contributed by atoms with E-state index in [0.717, 1.165) is 37.6 Å². The van der Waals surface area contributed by atoms with Crippen LogP contribution in [0, 0.1) is 10.1 Å². The first-order valence-corrected chi connectivity index (χ1v) is 10.3. The minimum atomic E-state index is -0.390. The molecule has 1 aliphatic heterocycles. The molecule has 3 rings (SSSR count).